The summed E-state index contributed by atoms with van der Waals surface area (Å²) < 4.78 is 5.51. The highest BCUT2D eigenvalue weighted by atomic mass is 35.5. The third-order valence-electron chi connectivity index (χ3n) is 2.87. The van der Waals surface area contributed by atoms with Crippen LogP contribution in [0, 0.1) is 11.3 Å². The molecule has 2 aromatic rings. The van der Waals surface area contributed by atoms with E-state index in [2.05, 4.69) is 9.97 Å². The number of rotatable bonds is 5. The molecular weight excluding hydrogens is 322 g/mol. The number of aromatic nitrogens is 2. The summed E-state index contributed by atoms with van der Waals surface area (Å²) in [6.45, 7) is 2.58. The van der Waals surface area contributed by atoms with E-state index in [1.165, 1.54) is 11.8 Å². The Bertz CT molecular complexity index is 783. The first-order valence-electron chi connectivity index (χ1n) is 6.61. The standard InChI is InChI=1S/C15H14ClN3O2S/c1-3-6-21-12-5-4-9(7-11(12)16)13-10(8-17)14(20)19-15(18-13)22-2/h4-5,7H,3,6H2,1-2H3,(H,18,19,20). The fraction of sp³-hybridized carbons (Fsp3) is 0.267. The summed E-state index contributed by atoms with van der Waals surface area (Å²) in [5.74, 6) is 0.570. The maximum absolute atomic E-state index is 11.9. The third-order valence-corrected chi connectivity index (χ3v) is 3.75. The van der Waals surface area contributed by atoms with Gasteiger partial charge in [0.05, 0.1) is 17.3 Å². The van der Waals surface area contributed by atoms with E-state index in [-0.39, 0.29) is 5.56 Å². The van der Waals surface area contributed by atoms with Crippen LogP contribution in [-0.4, -0.2) is 22.8 Å². The number of H-pyrrole nitrogens is 1. The Kier molecular flexibility index (Phi) is 5.47. The van der Waals surface area contributed by atoms with Gasteiger partial charge in [0.2, 0.25) is 0 Å². The van der Waals surface area contributed by atoms with Crippen LogP contribution in [0.4, 0.5) is 0 Å². The predicted octanol–water partition coefficient (Wildman–Crippen LogP) is 3.47. The molecule has 0 radical (unpaired) electrons. The quantitative estimate of drug-likeness (QED) is 0.668. The van der Waals surface area contributed by atoms with E-state index in [9.17, 15) is 10.1 Å². The number of hydrogen-bond acceptors (Lipinski definition) is 5. The molecule has 0 aliphatic heterocycles. The molecule has 1 heterocycles. The lowest BCUT2D eigenvalue weighted by Gasteiger charge is -2.09. The van der Waals surface area contributed by atoms with E-state index in [0.29, 0.717) is 33.8 Å². The van der Waals surface area contributed by atoms with Crippen molar-refractivity contribution in [2.24, 2.45) is 0 Å². The minimum atomic E-state index is -0.459. The maximum atomic E-state index is 11.9. The molecule has 0 saturated carbocycles. The summed E-state index contributed by atoms with van der Waals surface area (Å²) in [5.41, 5.74) is 0.432. The van der Waals surface area contributed by atoms with Crippen LogP contribution in [0.15, 0.2) is 28.2 Å². The van der Waals surface area contributed by atoms with Crippen LogP contribution in [-0.2, 0) is 0 Å². The van der Waals surface area contributed by atoms with Gasteiger partial charge >= 0.3 is 0 Å². The largest absolute Gasteiger partial charge is 0.492 e. The zero-order chi connectivity index (χ0) is 16.1. The van der Waals surface area contributed by atoms with Gasteiger partial charge in [0.25, 0.3) is 5.56 Å². The normalized spacial score (nSPS) is 10.3. The Morgan fingerprint density at radius 1 is 1.50 bits per heavy atom. The molecule has 0 fully saturated rings. The van der Waals surface area contributed by atoms with Crippen LogP contribution < -0.4 is 10.3 Å². The fourth-order valence-corrected chi connectivity index (χ4v) is 2.45. The molecule has 1 N–H and O–H groups in total. The number of hydrogen-bond donors (Lipinski definition) is 1. The zero-order valence-electron chi connectivity index (χ0n) is 12.1. The van der Waals surface area contributed by atoms with Crippen molar-refractivity contribution in [3.8, 4) is 23.1 Å². The minimum absolute atomic E-state index is 0.0314. The molecule has 7 heteroatoms. The van der Waals surface area contributed by atoms with Crippen molar-refractivity contribution >= 4 is 23.4 Å². The molecule has 5 nitrogen and oxygen atoms in total. The Hall–Kier alpha value is -1.97. The lowest BCUT2D eigenvalue weighted by atomic mass is 10.1. The molecule has 0 unspecified atom stereocenters. The molecule has 1 aromatic carbocycles. The van der Waals surface area contributed by atoms with Crippen molar-refractivity contribution in [2.45, 2.75) is 18.5 Å². The topological polar surface area (TPSA) is 78.8 Å². The maximum Gasteiger partial charge on any atom is 0.270 e. The lowest BCUT2D eigenvalue weighted by molar-refractivity contribution is 0.317. The molecule has 0 saturated heterocycles. The van der Waals surface area contributed by atoms with Crippen LogP contribution in [0.5, 0.6) is 5.75 Å². The highest BCUT2D eigenvalue weighted by Crippen LogP contribution is 2.30. The summed E-state index contributed by atoms with van der Waals surface area (Å²) in [6, 6.07) is 7.00. The Balaban J connectivity index is 2.52. The molecular formula is C15H14ClN3O2S. The molecule has 114 valence electrons. The monoisotopic (exact) mass is 335 g/mol. The first kappa shape index (κ1) is 16.4. The first-order valence-corrected chi connectivity index (χ1v) is 8.22. The van der Waals surface area contributed by atoms with Gasteiger partial charge in [-0.15, -0.1) is 0 Å². The van der Waals surface area contributed by atoms with E-state index < -0.39 is 5.56 Å². The van der Waals surface area contributed by atoms with Crippen molar-refractivity contribution in [3.63, 3.8) is 0 Å². The summed E-state index contributed by atoms with van der Waals surface area (Å²) in [5, 5.41) is 10.1. The molecule has 0 bridgehead atoms. The average Bonchev–Trinajstić information content (AvgIpc) is 2.52. The fourth-order valence-electron chi connectivity index (χ4n) is 1.84. The summed E-state index contributed by atoms with van der Waals surface area (Å²) in [7, 11) is 0. The van der Waals surface area contributed by atoms with Gasteiger partial charge in [-0.2, -0.15) is 5.26 Å². The smallest absolute Gasteiger partial charge is 0.270 e. The summed E-state index contributed by atoms with van der Waals surface area (Å²) in [4.78, 5) is 18.8. The number of benzene rings is 1. The second kappa shape index (κ2) is 7.34. The van der Waals surface area contributed by atoms with Crippen molar-refractivity contribution in [1.29, 1.82) is 5.26 Å². The molecule has 0 spiro atoms. The van der Waals surface area contributed by atoms with Crippen molar-refractivity contribution in [1.82, 2.24) is 9.97 Å². The molecule has 0 amide bonds. The summed E-state index contributed by atoms with van der Waals surface area (Å²) >= 11 is 7.49. The zero-order valence-corrected chi connectivity index (χ0v) is 13.7. The molecule has 0 aliphatic rings. The molecule has 0 aliphatic carbocycles. The van der Waals surface area contributed by atoms with Crippen molar-refractivity contribution in [2.75, 3.05) is 12.9 Å². The number of thioether (sulfide) groups is 1. The number of halogens is 1. The van der Waals surface area contributed by atoms with Gasteiger partial charge < -0.3 is 9.72 Å². The van der Waals surface area contributed by atoms with Crippen molar-refractivity contribution in [3.05, 3.63) is 39.1 Å². The Labute approximate surface area is 137 Å². The number of ether oxygens (including phenoxy) is 1. The van der Waals surface area contributed by atoms with Crippen LogP contribution in [0.3, 0.4) is 0 Å². The van der Waals surface area contributed by atoms with Crippen LogP contribution in [0.1, 0.15) is 18.9 Å². The summed E-state index contributed by atoms with van der Waals surface area (Å²) in [6.07, 6.45) is 2.67. The van der Waals surface area contributed by atoms with E-state index >= 15 is 0 Å². The van der Waals surface area contributed by atoms with E-state index in [4.69, 9.17) is 16.3 Å². The molecule has 22 heavy (non-hydrogen) atoms. The van der Waals surface area contributed by atoms with Gasteiger partial charge in [-0.05, 0) is 30.9 Å². The van der Waals surface area contributed by atoms with Gasteiger partial charge in [0.15, 0.2) is 5.16 Å². The lowest BCUT2D eigenvalue weighted by Crippen LogP contribution is -2.14. The van der Waals surface area contributed by atoms with Gasteiger partial charge in [-0.1, -0.05) is 30.3 Å². The number of nitrogens with zero attached hydrogens (tertiary/aromatic N) is 2. The average molecular weight is 336 g/mol. The van der Waals surface area contributed by atoms with Crippen LogP contribution >= 0.6 is 23.4 Å². The highest BCUT2D eigenvalue weighted by molar-refractivity contribution is 7.98. The Morgan fingerprint density at radius 3 is 2.86 bits per heavy atom. The first-order chi connectivity index (χ1) is 10.6. The van der Waals surface area contributed by atoms with E-state index in [0.717, 1.165) is 6.42 Å². The second-order valence-electron chi connectivity index (χ2n) is 4.40. The molecule has 1 aromatic heterocycles. The molecule has 2 rings (SSSR count). The van der Waals surface area contributed by atoms with Gasteiger partial charge in [0, 0.05) is 5.56 Å². The van der Waals surface area contributed by atoms with E-state index in [1.807, 2.05) is 13.0 Å². The third kappa shape index (κ3) is 3.43. The van der Waals surface area contributed by atoms with Crippen molar-refractivity contribution < 1.29 is 4.74 Å². The van der Waals surface area contributed by atoms with Gasteiger partial charge in [-0.3, -0.25) is 4.79 Å². The number of nitrogens with one attached hydrogen (secondary N) is 1. The van der Waals surface area contributed by atoms with Crippen LogP contribution in [0.25, 0.3) is 11.3 Å². The minimum Gasteiger partial charge on any atom is -0.492 e. The second-order valence-corrected chi connectivity index (χ2v) is 5.61. The number of aromatic amines is 1. The van der Waals surface area contributed by atoms with Crippen LogP contribution in [0.2, 0.25) is 5.02 Å². The molecule has 0 atom stereocenters. The SMILES string of the molecule is CCCOc1ccc(-c2nc(SC)[nH]c(=O)c2C#N)cc1Cl. The highest BCUT2D eigenvalue weighted by Gasteiger charge is 2.14. The van der Waals surface area contributed by atoms with E-state index in [1.54, 1.807) is 24.5 Å². The van der Waals surface area contributed by atoms with Gasteiger partial charge in [-0.25, -0.2) is 4.98 Å². The van der Waals surface area contributed by atoms with Gasteiger partial charge in [0.1, 0.15) is 17.4 Å². The Morgan fingerprint density at radius 2 is 2.27 bits per heavy atom. The predicted molar refractivity (Wildman–Crippen MR) is 87.6 cm³/mol. The number of nitriles is 1.